The maximum absolute atomic E-state index is 12.7. The van der Waals surface area contributed by atoms with Crippen molar-refractivity contribution in [1.29, 1.82) is 0 Å². The lowest BCUT2D eigenvalue weighted by Crippen LogP contribution is -2.26. The number of hydrogen-bond donors (Lipinski definition) is 0. The van der Waals surface area contributed by atoms with Crippen molar-refractivity contribution >= 4 is 28.5 Å². The lowest BCUT2D eigenvalue weighted by atomic mass is 10.2. The van der Waals surface area contributed by atoms with E-state index in [0.717, 1.165) is 28.1 Å². The zero-order chi connectivity index (χ0) is 20.2. The fraction of sp³-hybridized carbons (Fsp3) is 0.174. The molecule has 0 atom stereocenters. The Bertz CT molecular complexity index is 1120. The quantitative estimate of drug-likeness (QED) is 0.439. The Morgan fingerprint density at radius 3 is 2.55 bits per heavy atom. The van der Waals surface area contributed by atoms with Crippen molar-refractivity contribution in [3.05, 3.63) is 89.5 Å². The number of aryl methyl sites for hydroxylation is 1. The highest BCUT2D eigenvalue weighted by atomic mass is 35.5. The molecule has 2 heterocycles. The van der Waals surface area contributed by atoms with E-state index in [0.29, 0.717) is 24.5 Å². The van der Waals surface area contributed by atoms with Gasteiger partial charge in [-0.2, -0.15) is 0 Å². The van der Waals surface area contributed by atoms with Gasteiger partial charge in [-0.3, -0.25) is 9.36 Å². The van der Waals surface area contributed by atoms with Crippen molar-refractivity contribution in [3.63, 3.8) is 0 Å². The van der Waals surface area contributed by atoms with Crippen LogP contribution < -0.4 is 0 Å². The lowest BCUT2D eigenvalue weighted by molar-refractivity contribution is -0.130. The Hall–Kier alpha value is -3.18. The first-order valence-corrected chi connectivity index (χ1v) is 9.86. The topological polar surface area (TPSA) is 51.0 Å². The molecule has 0 saturated carbocycles. The molecule has 0 spiro atoms. The van der Waals surface area contributed by atoms with Gasteiger partial charge in [-0.15, -0.1) is 0 Å². The van der Waals surface area contributed by atoms with Crippen LogP contribution in [-0.2, 0) is 17.8 Å². The van der Waals surface area contributed by atoms with Gasteiger partial charge in [0, 0.05) is 38.3 Å². The fourth-order valence-electron chi connectivity index (χ4n) is 3.38. The summed E-state index contributed by atoms with van der Waals surface area (Å²) in [6, 6.07) is 21.8. The molecule has 4 aromatic rings. The van der Waals surface area contributed by atoms with E-state index in [1.165, 1.54) is 0 Å². The molecule has 0 bridgehead atoms. The van der Waals surface area contributed by atoms with Crippen LogP contribution in [0.4, 0.5) is 0 Å². The third-order valence-corrected chi connectivity index (χ3v) is 5.06. The van der Waals surface area contributed by atoms with Crippen LogP contribution in [0.3, 0.4) is 0 Å². The smallest absolute Gasteiger partial charge is 0.223 e. The van der Waals surface area contributed by atoms with E-state index in [9.17, 15) is 4.79 Å². The van der Waals surface area contributed by atoms with Crippen LogP contribution in [0.15, 0.2) is 72.9 Å². The Balaban J connectivity index is 1.52. The predicted molar refractivity (Wildman–Crippen MR) is 115 cm³/mol. The van der Waals surface area contributed by atoms with E-state index in [1.54, 1.807) is 24.2 Å². The molecule has 0 aliphatic carbocycles. The Morgan fingerprint density at radius 2 is 1.79 bits per heavy atom. The van der Waals surface area contributed by atoms with Gasteiger partial charge in [-0.05, 0) is 35.9 Å². The van der Waals surface area contributed by atoms with Crippen LogP contribution in [0, 0.1) is 0 Å². The molecule has 0 aliphatic heterocycles. The summed E-state index contributed by atoms with van der Waals surface area (Å²) in [4.78, 5) is 23.3. The molecule has 6 heteroatoms. The molecule has 4 rings (SSSR count). The summed E-state index contributed by atoms with van der Waals surface area (Å²) in [5, 5.41) is 0.447. The van der Waals surface area contributed by atoms with Gasteiger partial charge in [0.1, 0.15) is 11.0 Å². The molecule has 2 aromatic heterocycles. The van der Waals surface area contributed by atoms with Crippen LogP contribution >= 0.6 is 11.6 Å². The monoisotopic (exact) mass is 404 g/mol. The van der Waals surface area contributed by atoms with Gasteiger partial charge in [-0.25, -0.2) is 9.97 Å². The largest absolute Gasteiger partial charge is 0.341 e. The third-order valence-electron chi connectivity index (χ3n) is 4.84. The lowest BCUT2D eigenvalue weighted by Gasteiger charge is -2.17. The maximum atomic E-state index is 12.7. The normalized spacial score (nSPS) is 11.0. The predicted octanol–water partition coefficient (Wildman–Crippen LogP) is 4.67. The Kier molecular flexibility index (Phi) is 5.58. The van der Waals surface area contributed by atoms with Gasteiger partial charge in [0.25, 0.3) is 0 Å². The number of fused-ring (bicyclic) bond motifs is 1. The number of amides is 1. The molecule has 5 nitrogen and oxygen atoms in total. The number of rotatable bonds is 6. The summed E-state index contributed by atoms with van der Waals surface area (Å²) < 4.78 is 2.13. The summed E-state index contributed by atoms with van der Waals surface area (Å²) in [5.74, 6) is 0.943. The average Bonchev–Trinajstić information content (AvgIpc) is 3.12. The van der Waals surface area contributed by atoms with Crippen LogP contribution in [-0.4, -0.2) is 32.4 Å². The highest BCUT2D eigenvalue weighted by Crippen LogP contribution is 2.22. The summed E-state index contributed by atoms with van der Waals surface area (Å²) in [7, 11) is 1.80. The molecule has 2 aromatic carbocycles. The summed E-state index contributed by atoms with van der Waals surface area (Å²) in [6.07, 6.45) is 2.64. The first-order valence-electron chi connectivity index (χ1n) is 9.48. The van der Waals surface area contributed by atoms with Crippen LogP contribution in [0.1, 0.15) is 17.8 Å². The number of hydrogen-bond acceptors (Lipinski definition) is 3. The number of imidazole rings is 1. The first kappa shape index (κ1) is 19.2. The summed E-state index contributed by atoms with van der Waals surface area (Å²) >= 11 is 5.83. The number of pyridine rings is 1. The second-order valence-electron chi connectivity index (χ2n) is 6.93. The van der Waals surface area contributed by atoms with Crippen LogP contribution in [0.5, 0.6) is 0 Å². The van der Waals surface area contributed by atoms with Crippen molar-refractivity contribution in [2.24, 2.45) is 0 Å². The zero-order valence-corrected chi connectivity index (χ0v) is 16.9. The van der Waals surface area contributed by atoms with Gasteiger partial charge in [0.05, 0.1) is 11.0 Å². The number of aromatic nitrogens is 3. The first-order chi connectivity index (χ1) is 14.1. The molecular formula is C23H21ClN4O. The van der Waals surface area contributed by atoms with E-state index in [1.807, 2.05) is 42.5 Å². The van der Waals surface area contributed by atoms with E-state index in [4.69, 9.17) is 16.6 Å². The number of carbonyl (C=O) groups excluding carboxylic acids is 1. The number of nitrogens with zero attached hydrogens (tertiary/aromatic N) is 4. The second kappa shape index (κ2) is 8.45. The van der Waals surface area contributed by atoms with E-state index in [-0.39, 0.29) is 5.91 Å². The summed E-state index contributed by atoms with van der Waals surface area (Å²) in [6.45, 7) is 0.498. The molecule has 0 saturated heterocycles. The van der Waals surface area contributed by atoms with E-state index < -0.39 is 0 Å². The standard InChI is InChI=1S/C23H21ClN4O/c1-27(16-17-11-12-21(24)25-15-17)23(29)14-13-22-26-19-9-5-6-10-20(19)28(22)18-7-3-2-4-8-18/h2-12,15H,13-14,16H2,1H3. The minimum Gasteiger partial charge on any atom is -0.341 e. The molecule has 1 amide bonds. The SMILES string of the molecule is CN(Cc1ccc(Cl)nc1)C(=O)CCc1nc2ccccc2n1-c1ccccc1. The molecule has 0 aliphatic rings. The minimum absolute atomic E-state index is 0.0617. The zero-order valence-electron chi connectivity index (χ0n) is 16.1. The molecular weight excluding hydrogens is 384 g/mol. The van der Waals surface area contributed by atoms with Crippen molar-refractivity contribution in [2.75, 3.05) is 7.05 Å². The molecule has 146 valence electrons. The fourth-order valence-corrected chi connectivity index (χ4v) is 3.49. The number of benzene rings is 2. The van der Waals surface area contributed by atoms with Gasteiger partial charge in [0.15, 0.2) is 0 Å². The van der Waals surface area contributed by atoms with Crippen LogP contribution in [0.25, 0.3) is 16.7 Å². The van der Waals surface area contributed by atoms with Crippen molar-refractivity contribution in [2.45, 2.75) is 19.4 Å². The Labute approximate surface area is 174 Å². The van der Waals surface area contributed by atoms with Gasteiger partial charge in [-0.1, -0.05) is 48.0 Å². The van der Waals surface area contributed by atoms with Gasteiger partial charge in [0.2, 0.25) is 5.91 Å². The molecule has 0 radical (unpaired) electrons. The average molecular weight is 405 g/mol. The molecule has 0 unspecified atom stereocenters. The number of carbonyl (C=O) groups is 1. The highest BCUT2D eigenvalue weighted by Gasteiger charge is 2.15. The number of halogens is 1. The van der Waals surface area contributed by atoms with Crippen molar-refractivity contribution < 1.29 is 4.79 Å². The van der Waals surface area contributed by atoms with Crippen molar-refractivity contribution in [1.82, 2.24) is 19.4 Å². The highest BCUT2D eigenvalue weighted by molar-refractivity contribution is 6.29. The minimum atomic E-state index is 0.0617. The van der Waals surface area contributed by atoms with E-state index in [2.05, 4.69) is 27.8 Å². The second-order valence-corrected chi connectivity index (χ2v) is 7.31. The summed E-state index contributed by atoms with van der Waals surface area (Å²) in [5.41, 5.74) is 3.96. The van der Waals surface area contributed by atoms with Gasteiger partial charge >= 0.3 is 0 Å². The molecule has 29 heavy (non-hydrogen) atoms. The van der Waals surface area contributed by atoms with Crippen LogP contribution in [0.2, 0.25) is 5.15 Å². The third kappa shape index (κ3) is 4.30. The maximum Gasteiger partial charge on any atom is 0.223 e. The van der Waals surface area contributed by atoms with Gasteiger partial charge < -0.3 is 4.90 Å². The molecule has 0 fully saturated rings. The van der Waals surface area contributed by atoms with E-state index >= 15 is 0 Å². The molecule has 0 N–H and O–H groups in total. The van der Waals surface area contributed by atoms with Crippen molar-refractivity contribution in [3.8, 4) is 5.69 Å². The number of para-hydroxylation sites is 3. The Morgan fingerprint density at radius 1 is 1.03 bits per heavy atom.